The Morgan fingerprint density at radius 1 is 1.00 bits per heavy atom. The zero-order chi connectivity index (χ0) is 20.1. The first kappa shape index (κ1) is 20.1. The zero-order valence-electron chi connectivity index (χ0n) is 15.7. The molecule has 1 unspecified atom stereocenters. The normalized spacial score (nSPS) is 15.6. The molecule has 2 aromatic rings. The molecule has 1 aliphatic rings. The third-order valence-electron chi connectivity index (χ3n) is 4.73. The molecule has 0 aromatic heterocycles. The van der Waals surface area contributed by atoms with Gasteiger partial charge in [-0.2, -0.15) is 0 Å². The number of carbonyl (C=O) groups excluding carboxylic acids is 2. The molecule has 1 aliphatic heterocycles. The Bertz CT molecular complexity index is 841. The van der Waals surface area contributed by atoms with E-state index in [9.17, 15) is 14.7 Å². The van der Waals surface area contributed by atoms with Crippen LogP contribution in [0.25, 0.3) is 0 Å². The molecule has 0 aliphatic carbocycles. The summed E-state index contributed by atoms with van der Waals surface area (Å²) in [6, 6.07) is 13.5. The van der Waals surface area contributed by atoms with Crippen molar-refractivity contribution in [2.75, 3.05) is 26.2 Å². The van der Waals surface area contributed by atoms with Crippen LogP contribution in [0.15, 0.2) is 53.4 Å². The third kappa shape index (κ3) is 4.78. The molecule has 2 aromatic carbocycles. The Morgan fingerprint density at radius 2 is 1.64 bits per heavy atom. The van der Waals surface area contributed by atoms with Gasteiger partial charge in [0.1, 0.15) is 11.5 Å². The lowest BCUT2D eigenvalue weighted by molar-refractivity contribution is -0.137. The minimum atomic E-state index is -0.648. The van der Waals surface area contributed by atoms with E-state index in [1.165, 1.54) is 12.1 Å². The van der Waals surface area contributed by atoms with Crippen molar-refractivity contribution in [1.82, 2.24) is 9.80 Å². The molecule has 1 saturated heterocycles. The lowest BCUT2D eigenvalue weighted by atomic mass is 10.2. The summed E-state index contributed by atoms with van der Waals surface area (Å²) in [4.78, 5) is 29.7. The molecule has 0 saturated carbocycles. The lowest BCUT2D eigenvalue weighted by Gasteiger charge is -2.25. The Balaban J connectivity index is 1.59. The fraction of sp³-hybridized carbons (Fsp3) is 0.333. The van der Waals surface area contributed by atoms with Crippen molar-refractivity contribution in [1.29, 1.82) is 0 Å². The summed E-state index contributed by atoms with van der Waals surface area (Å²) in [5.41, 5.74) is 0.578. The van der Waals surface area contributed by atoms with Gasteiger partial charge in [0, 0.05) is 31.1 Å². The van der Waals surface area contributed by atoms with Crippen LogP contribution >= 0.6 is 12.6 Å². The van der Waals surface area contributed by atoms with Gasteiger partial charge in [-0.15, -0.1) is 12.6 Å². The van der Waals surface area contributed by atoms with Crippen molar-refractivity contribution in [3.05, 3.63) is 54.1 Å². The van der Waals surface area contributed by atoms with Crippen LogP contribution in [0.3, 0.4) is 0 Å². The van der Waals surface area contributed by atoms with Crippen LogP contribution in [0.5, 0.6) is 11.5 Å². The topological polar surface area (TPSA) is 70.1 Å². The summed E-state index contributed by atoms with van der Waals surface area (Å²) in [5, 5.41) is 9.34. The Hall–Kier alpha value is -2.67. The molecule has 1 fully saturated rings. The number of amides is 2. The van der Waals surface area contributed by atoms with Gasteiger partial charge in [-0.05, 0) is 49.7 Å². The van der Waals surface area contributed by atoms with E-state index < -0.39 is 6.10 Å². The zero-order valence-corrected chi connectivity index (χ0v) is 16.6. The number of hydrogen-bond donors (Lipinski definition) is 2. The fourth-order valence-electron chi connectivity index (χ4n) is 3.20. The van der Waals surface area contributed by atoms with Crippen LogP contribution in [0.1, 0.15) is 23.7 Å². The number of aromatic hydroxyl groups is 1. The molecule has 7 heteroatoms. The average Bonchev–Trinajstić information content (AvgIpc) is 2.95. The van der Waals surface area contributed by atoms with Gasteiger partial charge < -0.3 is 19.6 Å². The molecule has 3 rings (SSSR count). The van der Waals surface area contributed by atoms with Crippen LogP contribution in [0.4, 0.5) is 0 Å². The third-order valence-corrected chi connectivity index (χ3v) is 5.12. The standard InChI is InChI=1S/C21H24N2O4S/c1-15(27-17-9-7-16(24)8-10-17)20(25)22-11-4-12-23(14-13-22)21(26)18-5-2-3-6-19(18)28/h2-3,5-10,15,24,28H,4,11-14H2,1H3. The number of rotatable bonds is 4. The van der Waals surface area contributed by atoms with E-state index in [0.29, 0.717) is 48.8 Å². The number of benzene rings is 2. The second-order valence-electron chi connectivity index (χ2n) is 6.74. The van der Waals surface area contributed by atoms with E-state index in [2.05, 4.69) is 12.6 Å². The molecule has 28 heavy (non-hydrogen) atoms. The van der Waals surface area contributed by atoms with Gasteiger partial charge >= 0.3 is 0 Å². The van der Waals surface area contributed by atoms with Crippen molar-refractivity contribution < 1.29 is 19.4 Å². The highest BCUT2D eigenvalue weighted by molar-refractivity contribution is 7.80. The van der Waals surface area contributed by atoms with Crippen molar-refractivity contribution in [2.24, 2.45) is 0 Å². The summed E-state index contributed by atoms with van der Waals surface area (Å²) in [5.74, 6) is 0.493. The largest absolute Gasteiger partial charge is 0.508 e. The van der Waals surface area contributed by atoms with Crippen molar-refractivity contribution in [3.8, 4) is 11.5 Å². The number of carbonyl (C=O) groups is 2. The summed E-state index contributed by atoms with van der Waals surface area (Å²) in [6.07, 6.45) is 0.0583. The molecular weight excluding hydrogens is 376 g/mol. The fourth-order valence-corrected chi connectivity index (χ4v) is 3.46. The van der Waals surface area contributed by atoms with Crippen LogP contribution in [-0.2, 0) is 4.79 Å². The van der Waals surface area contributed by atoms with E-state index in [-0.39, 0.29) is 17.6 Å². The van der Waals surface area contributed by atoms with Crippen LogP contribution < -0.4 is 4.74 Å². The van der Waals surface area contributed by atoms with Crippen molar-refractivity contribution in [2.45, 2.75) is 24.3 Å². The van der Waals surface area contributed by atoms with Gasteiger partial charge in [-0.3, -0.25) is 9.59 Å². The minimum Gasteiger partial charge on any atom is -0.508 e. The van der Waals surface area contributed by atoms with Gasteiger partial charge in [0.05, 0.1) is 5.56 Å². The summed E-state index contributed by atoms with van der Waals surface area (Å²) >= 11 is 4.37. The molecule has 2 amide bonds. The maximum atomic E-state index is 12.8. The number of phenolic OH excluding ortho intramolecular Hbond substituents is 1. The van der Waals surface area contributed by atoms with Crippen LogP contribution in [0.2, 0.25) is 0 Å². The number of hydrogen-bond acceptors (Lipinski definition) is 5. The molecule has 148 valence electrons. The number of thiol groups is 1. The summed E-state index contributed by atoms with van der Waals surface area (Å²) < 4.78 is 5.69. The number of ether oxygens (including phenoxy) is 1. The molecule has 1 N–H and O–H groups in total. The lowest BCUT2D eigenvalue weighted by Crippen LogP contribution is -2.43. The highest BCUT2D eigenvalue weighted by Gasteiger charge is 2.27. The first-order valence-corrected chi connectivity index (χ1v) is 9.72. The van der Waals surface area contributed by atoms with Crippen LogP contribution in [0, 0.1) is 0 Å². The van der Waals surface area contributed by atoms with Gasteiger partial charge in [-0.1, -0.05) is 12.1 Å². The van der Waals surface area contributed by atoms with Crippen molar-refractivity contribution in [3.63, 3.8) is 0 Å². The molecular formula is C21H24N2O4S. The maximum Gasteiger partial charge on any atom is 0.263 e. The Morgan fingerprint density at radius 3 is 2.36 bits per heavy atom. The maximum absolute atomic E-state index is 12.8. The molecule has 6 nitrogen and oxygen atoms in total. The SMILES string of the molecule is CC(Oc1ccc(O)cc1)C(=O)N1CCCN(C(=O)c2ccccc2S)CC1. The van der Waals surface area contributed by atoms with E-state index >= 15 is 0 Å². The summed E-state index contributed by atoms with van der Waals surface area (Å²) in [7, 11) is 0. The highest BCUT2D eigenvalue weighted by Crippen LogP contribution is 2.19. The first-order chi connectivity index (χ1) is 13.5. The molecule has 0 spiro atoms. The average molecular weight is 401 g/mol. The van der Waals surface area contributed by atoms with Crippen molar-refractivity contribution >= 4 is 24.4 Å². The minimum absolute atomic E-state index is 0.0618. The number of phenols is 1. The smallest absolute Gasteiger partial charge is 0.263 e. The predicted molar refractivity (Wildman–Crippen MR) is 109 cm³/mol. The molecule has 0 bridgehead atoms. The van der Waals surface area contributed by atoms with Gasteiger partial charge in [0.15, 0.2) is 6.10 Å². The van der Waals surface area contributed by atoms with E-state index in [1.54, 1.807) is 41.0 Å². The monoisotopic (exact) mass is 400 g/mol. The Labute approximate surface area is 170 Å². The van der Waals surface area contributed by atoms with Crippen LogP contribution in [-0.4, -0.2) is 59.0 Å². The van der Waals surface area contributed by atoms with E-state index in [4.69, 9.17) is 4.74 Å². The molecule has 1 atom stereocenters. The highest BCUT2D eigenvalue weighted by atomic mass is 32.1. The number of nitrogens with zero attached hydrogens (tertiary/aromatic N) is 2. The van der Waals surface area contributed by atoms with E-state index in [1.807, 2.05) is 12.1 Å². The summed E-state index contributed by atoms with van der Waals surface area (Å²) in [6.45, 7) is 3.81. The first-order valence-electron chi connectivity index (χ1n) is 9.27. The second-order valence-corrected chi connectivity index (χ2v) is 7.22. The van der Waals surface area contributed by atoms with Gasteiger partial charge in [0.25, 0.3) is 11.8 Å². The van der Waals surface area contributed by atoms with Gasteiger partial charge in [0.2, 0.25) is 0 Å². The van der Waals surface area contributed by atoms with E-state index in [0.717, 1.165) is 0 Å². The van der Waals surface area contributed by atoms with Gasteiger partial charge in [-0.25, -0.2) is 0 Å². The second kappa shape index (κ2) is 9.01. The molecule has 0 radical (unpaired) electrons. The molecule has 1 heterocycles. The quantitative estimate of drug-likeness (QED) is 0.775. The predicted octanol–water partition coefficient (Wildman–Crippen LogP) is 2.82. The Kier molecular flexibility index (Phi) is 6.46.